The molecule has 1 saturated carbocycles. The van der Waals surface area contributed by atoms with Gasteiger partial charge in [-0.25, -0.2) is 4.98 Å². The van der Waals surface area contributed by atoms with Crippen LogP contribution in [0.2, 0.25) is 0 Å². The number of aliphatic hydroxyl groups is 1. The van der Waals surface area contributed by atoms with Gasteiger partial charge in [0.1, 0.15) is 0 Å². The Morgan fingerprint density at radius 3 is 2.81 bits per heavy atom. The molecule has 1 aromatic rings. The topological polar surface area (TPSA) is 36.4 Å². The van der Waals surface area contributed by atoms with Gasteiger partial charge in [0.05, 0.1) is 11.6 Å². The van der Waals surface area contributed by atoms with Gasteiger partial charge in [-0.05, 0) is 19.8 Å². The second-order valence-electron chi connectivity index (χ2n) is 4.48. The monoisotopic (exact) mass is 240 g/mol. The van der Waals surface area contributed by atoms with E-state index in [1.165, 1.54) is 30.6 Å². The van der Waals surface area contributed by atoms with Crippen molar-refractivity contribution < 1.29 is 5.11 Å². The molecule has 0 aliphatic heterocycles. The summed E-state index contributed by atoms with van der Waals surface area (Å²) in [5.74, 6) is 0. The van der Waals surface area contributed by atoms with Crippen LogP contribution in [-0.4, -0.2) is 34.2 Å². The lowest BCUT2D eigenvalue weighted by Crippen LogP contribution is -2.34. The normalized spacial score (nSPS) is 17.4. The molecular weight excluding hydrogens is 220 g/mol. The fraction of sp³-hybridized carbons (Fsp3) is 0.750. The summed E-state index contributed by atoms with van der Waals surface area (Å²) in [4.78, 5) is 8.02. The number of aryl methyl sites for hydroxylation is 1. The van der Waals surface area contributed by atoms with Crippen molar-refractivity contribution in [1.29, 1.82) is 0 Å². The number of rotatable bonds is 5. The van der Waals surface area contributed by atoms with Crippen LogP contribution in [0, 0.1) is 6.92 Å². The zero-order valence-electron chi connectivity index (χ0n) is 9.85. The van der Waals surface area contributed by atoms with Gasteiger partial charge in [0.2, 0.25) is 0 Å². The number of aliphatic hydroxyl groups excluding tert-OH is 1. The smallest absolute Gasteiger partial charge is 0.0897 e. The zero-order chi connectivity index (χ0) is 11.4. The molecule has 0 radical (unpaired) electrons. The fourth-order valence-corrected chi connectivity index (χ4v) is 3.29. The van der Waals surface area contributed by atoms with Crippen LogP contribution >= 0.6 is 11.3 Å². The van der Waals surface area contributed by atoms with Gasteiger partial charge in [0.25, 0.3) is 0 Å². The van der Waals surface area contributed by atoms with Gasteiger partial charge in [-0.3, -0.25) is 4.90 Å². The molecule has 1 N–H and O–H groups in total. The predicted octanol–water partition coefficient (Wildman–Crippen LogP) is 2.19. The molecule has 1 aliphatic rings. The van der Waals surface area contributed by atoms with Crippen LogP contribution in [0.25, 0.3) is 0 Å². The summed E-state index contributed by atoms with van der Waals surface area (Å²) in [5, 5.41) is 10.3. The molecule has 90 valence electrons. The van der Waals surface area contributed by atoms with Crippen LogP contribution in [0.15, 0.2) is 6.20 Å². The van der Waals surface area contributed by atoms with Crippen molar-refractivity contribution in [2.75, 3.05) is 13.2 Å². The summed E-state index contributed by atoms with van der Waals surface area (Å²) in [6, 6.07) is 0.676. The van der Waals surface area contributed by atoms with E-state index in [0.29, 0.717) is 6.04 Å². The number of hydrogen-bond donors (Lipinski definition) is 1. The average Bonchev–Trinajstić information content (AvgIpc) is 2.88. The molecule has 0 bridgehead atoms. The summed E-state index contributed by atoms with van der Waals surface area (Å²) < 4.78 is 0. The molecule has 0 aromatic carbocycles. The van der Waals surface area contributed by atoms with E-state index >= 15 is 0 Å². The molecule has 1 heterocycles. The fourth-order valence-electron chi connectivity index (χ4n) is 2.47. The third kappa shape index (κ3) is 3.03. The van der Waals surface area contributed by atoms with E-state index in [1.807, 2.05) is 13.1 Å². The first-order valence-electron chi connectivity index (χ1n) is 6.06. The van der Waals surface area contributed by atoms with Crippen LogP contribution in [0.4, 0.5) is 0 Å². The van der Waals surface area contributed by atoms with E-state index in [4.69, 9.17) is 5.11 Å². The molecule has 0 spiro atoms. The van der Waals surface area contributed by atoms with Crippen LogP contribution < -0.4 is 0 Å². The maximum Gasteiger partial charge on any atom is 0.0897 e. The summed E-state index contributed by atoms with van der Waals surface area (Å²) in [6.45, 7) is 4.05. The molecule has 4 heteroatoms. The van der Waals surface area contributed by atoms with E-state index in [0.717, 1.165) is 18.1 Å². The predicted molar refractivity (Wildman–Crippen MR) is 66.6 cm³/mol. The third-order valence-electron chi connectivity index (χ3n) is 3.26. The molecular formula is C12H20N2OS. The van der Waals surface area contributed by atoms with E-state index in [2.05, 4.69) is 9.88 Å². The van der Waals surface area contributed by atoms with Crippen molar-refractivity contribution in [3.8, 4) is 0 Å². The van der Waals surface area contributed by atoms with E-state index in [1.54, 1.807) is 11.3 Å². The minimum atomic E-state index is 0.258. The molecule has 0 unspecified atom stereocenters. The van der Waals surface area contributed by atoms with Crippen LogP contribution in [0.5, 0.6) is 0 Å². The van der Waals surface area contributed by atoms with Crippen molar-refractivity contribution in [1.82, 2.24) is 9.88 Å². The molecule has 1 fully saturated rings. The lowest BCUT2D eigenvalue weighted by molar-refractivity contribution is 0.146. The van der Waals surface area contributed by atoms with Crippen molar-refractivity contribution >= 4 is 11.3 Å². The Hall–Kier alpha value is -0.450. The molecule has 0 saturated heterocycles. The van der Waals surface area contributed by atoms with E-state index in [9.17, 15) is 0 Å². The van der Waals surface area contributed by atoms with Gasteiger partial charge in [0.15, 0.2) is 0 Å². The highest BCUT2D eigenvalue weighted by Crippen LogP contribution is 2.25. The van der Waals surface area contributed by atoms with Crippen molar-refractivity contribution in [2.45, 2.75) is 45.2 Å². The standard InChI is InChI=1S/C12H20N2OS/c1-10-13-8-12(16-10)9-14(6-7-15)11-4-2-3-5-11/h8,11,15H,2-7,9H2,1H3. The molecule has 3 nitrogen and oxygen atoms in total. The van der Waals surface area contributed by atoms with Crippen LogP contribution in [-0.2, 0) is 6.54 Å². The maximum atomic E-state index is 9.13. The lowest BCUT2D eigenvalue weighted by atomic mass is 10.2. The molecule has 0 amide bonds. The number of aromatic nitrogens is 1. The van der Waals surface area contributed by atoms with Crippen molar-refractivity contribution in [3.63, 3.8) is 0 Å². The Morgan fingerprint density at radius 2 is 2.25 bits per heavy atom. The van der Waals surface area contributed by atoms with Crippen molar-refractivity contribution in [3.05, 3.63) is 16.1 Å². The van der Waals surface area contributed by atoms with Gasteiger partial charge in [-0.2, -0.15) is 0 Å². The van der Waals surface area contributed by atoms with Gasteiger partial charge in [0, 0.05) is 30.2 Å². The minimum Gasteiger partial charge on any atom is -0.395 e. The van der Waals surface area contributed by atoms with Gasteiger partial charge in [-0.15, -0.1) is 11.3 Å². The third-order valence-corrected chi connectivity index (χ3v) is 4.15. The Kier molecular flexibility index (Phi) is 4.32. The first-order valence-corrected chi connectivity index (χ1v) is 6.87. The lowest BCUT2D eigenvalue weighted by Gasteiger charge is -2.27. The van der Waals surface area contributed by atoms with Gasteiger partial charge >= 0.3 is 0 Å². The Labute approximate surface area is 101 Å². The summed E-state index contributed by atoms with van der Waals surface area (Å²) in [6.07, 6.45) is 7.23. The van der Waals surface area contributed by atoms with Crippen LogP contribution in [0.1, 0.15) is 35.6 Å². The second-order valence-corrected chi connectivity index (χ2v) is 5.80. The minimum absolute atomic E-state index is 0.258. The average molecular weight is 240 g/mol. The number of hydrogen-bond acceptors (Lipinski definition) is 4. The van der Waals surface area contributed by atoms with E-state index < -0.39 is 0 Å². The molecule has 1 aromatic heterocycles. The molecule has 0 atom stereocenters. The first kappa shape index (κ1) is 12.0. The number of thiazole rings is 1. The maximum absolute atomic E-state index is 9.13. The molecule has 1 aliphatic carbocycles. The SMILES string of the molecule is Cc1ncc(CN(CCO)C2CCCC2)s1. The van der Waals surface area contributed by atoms with Crippen LogP contribution in [0.3, 0.4) is 0 Å². The summed E-state index contributed by atoms with van der Waals surface area (Å²) >= 11 is 1.77. The quantitative estimate of drug-likeness (QED) is 0.857. The first-order chi connectivity index (χ1) is 7.79. The van der Waals surface area contributed by atoms with Gasteiger partial charge < -0.3 is 5.11 Å². The highest BCUT2D eigenvalue weighted by atomic mass is 32.1. The second kappa shape index (κ2) is 5.75. The summed E-state index contributed by atoms with van der Waals surface area (Å²) in [7, 11) is 0. The largest absolute Gasteiger partial charge is 0.395 e. The molecule has 2 rings (SSSR count). The Bertz CT molecular complexity index is 321. The van der Waals surface area contributed by atoms with Gasteiger partial charge in [-0.1, -0.05) is 12.8 Å². The number of nitrogens with zero attached hydrogens (tertiary/aromatic N) is 2. The Balaban J connectivity index is 1.96. The zero-order valence-corrected chi connectivity index (χ0v) is 10.7. The Morgan fingerprint density at radius 1 is 1.50 bits per heavy atom. The van der Waals surface area contributed by atoms with Crippen molar-refractivity contribution in [2.24, 2.45) is 0 Å². The highest BCUT2D eigenvalue weighted by Gasteiger charge is 2.22. The molecule has 16 heavy (non-hydrogen) atoms. The van der Waals surface area contributed by atoms with E-state index in [-0.39, 0.29) is 6.61 Å². The summed E-state index contributed by atoms with van der Waals surface area (Å²) in [5.41, 5.74) is 0. The highest BCUT2D eigenvalue weighted by molar-refractivity contribution is 7.11.